The van der Waals surface area contributed by atoms with Crippen molar-refractivity contribution >= 4 is 27.7 Å². The third kappa shape index (κ3) is 24.1. The minimum atomic E-state index is -3.87. The molecule has 0 aliphatic carbocycles. The molecule has 0 aliphatic heterocycles. The zero-order valence-electron chi connectivity index (χ0n) is 10.4. The Labute approximate surface area is 106 Å². The second-order valence-electron chi connectivity index (χ2n) is 3.69. The first kappa shape index (κ1) is 19.1. The topological polar surface area (TPSA) is 126 Å². The minimum Gasteiger partial charge on any atom is -0.481 e. The van der Waals surface area contributed by atoms with Gasteiger partial charge >= 0.3 is 5.97 Å². The van der Waals surface area contributed by atoms with Gasteiger partial charge in [-0.25, -0.2) is 0 Å². The van der Waals surface area contributed by atoms with Crippen LogP contribution in [0.5, 0.6) is 0 Å². The largest absolute Gasteiger partial charge is 0.481 e. The van der Waals surface area contributed by atoms with Crippen molar-refractivity contribution in [2.75, 3.05) is 5.75 Å². The van der Waals surface area contributed by atoms with Crippen LogP contribution in [0.15, 0.2) is 0 Å². The molecule has 18 heavy (non-hydrogen) atoms. The second kappa shape index (κ2) is 9.72. The lowest BCUT2D eigenvalue weighted by Gasteiger charge is -1.92. The Morgan fingerprint density at radius 2 is 1.39 bits per heavy atom. The summed E-state index contributed by atoms with van der Waals surface area (Å²) < 4.78 is 28.3. The van der Waals surface area contributed by atoms with E-state index in [-0.39, 0.29) is 43.0 Å². The van der Waals surface area contributed by atoms with E-state index >= 15 is 0 Å². The maximum atomic E-state index is 10.3. The summed E-state index contributed by atoms with van der Waals surface area (Å²) in [6, 6.07) is 0. The van der Waals surface area contributed by atoms with Crippen molar-refractivity contribution in [3.8, 4) is 0 Å². The van der Waals surface area contributed by atoms with E-state index in [9.17, 15) is 22.8 Å². The van der Waals surface area contributed by atoms with Crippen LogP contribution in [0.25, 0.3) is 0 Å². The lowest BCUT2D eigenvalue weighted by molar-refractivity contribution is -0.138. The molecule has 0 amide bonds. The molecule has 0 aromatic rings. The maximum Gasteiger partial charge on any atom is 0.303 e. The lowest BCUT2D eigenvalue weighted by atomic mass is 10.2. The summed E-state index contributed by atoms with van der Waals surface area (Å²) in [5.74, 6) is -1.39. The molecular weight excluding hydrogens is 264 g/mol. The number of aliphatic carboxylic acids is 1. The normalized spacial score (nSPS) is 10.2. The molecule has 0 bridgehead atoms. The number of carboxylic acids is 1. The van der Waals surface area contributed by atoms with Crippen molar-refractivity contribution in [1.29, 1.82) is 0 Å². The average molecular weight is 282 g/mol. The van der Waals surface area contributed by atoms with Gasteiger partial charge in [-0.1, -0.05) is 0 Å². The fourth-order valence-corrected chi connectivity index (χ4v) is 1.30. The van der Waals surface area contributed by atoms with E-state index in [4.69, 9.17) is 9.66 Å². The Morgan fingerprint density at radius 3 is 1.61 bits per heavy atom. The Balaban J connectivity index is 0. The van der Waals surface area contributed by atoms with Gasteiger partial charge in [0.05, 0.1) is 12.2 Å². The lowest BCUT2D eigenvalue weighted by Crippen LogP contribution is -2.05. The van der Waals surface area contributed by atoms with Crippen molar-refractivity contribution in [3.63, 3.8) is 0 Å². The van der Waals surface area contributed by atoms with Crippen LogP contribution in [0.3, 0.4) is 0 Å². The molecule has 0 heterocycles. The minimum absolute atomic E-state index is 0.0463. The summed E-state index contributed by atoms with van der Waals surface area (Å²) in [4.78, 5) is 30.1. The number of ketones is 2. The van der Waals surface area contributed by atoms with Crippen LogP contribution in [0.1, 0.15) is 39.5 Å². The third-order valence-corrected chi connectivity index (χ3v) is 2.43. The molecule has 2 N–H and O–H groups in total. The van der Waals surface area contributed by atoms with Crippen molar-refractivity contribution in [2.24, 2.45) is 0 Å². The van der Waals surface area contributed by atoms with E-state index < -0.39 is 16.1 Å². The zero-order valence-corrected chi connectivity index (χ0v) is 11.2. The summed E-state index contributed by atoms with van der Waals surface area (Å²) in [5.41, 5.74) is 0. The number of carboxylic acid groups (broad SMARTS) is 1. The van der Waals surface area contributed by atoms with Crippen molar-refractivity contribution in [3.05, 3.63) is 0 Å². The highest BCUT2D eigenvalue weighted by atomic mass is 32.2. The monoisotopic (exact) mass is 282 g/mol. The van der Waals surface area contributed by atoms with Gasteiger partial charge in [-0.15, -0.1) is 0 Å². The number of carbonyl (C=O) groups is 3. The van der Waals surface area contributed by atoms with Crippen LogP contribution < -0.4 is 0 Å². The highest BCUT2D eigenvalue weighted by molar-refractivity contribution is 7.85. The second-order valence-corrected chi connectivity index (χ2v) is 5.26. The third-order valence-electron chi connectivity index (χ3n) is 1.62. The maximum absolute atomic E-state index is 10.3. The summed E-state index contributed by atoms with van der Waals surface area (Å²) in [7, 11) is -3.87. The van der Waals surface area contributed by atoms with E-state index in [0.717, 1.165) is 0 Å². The van der Waals surface area contributed by atoms with Crippen LogP contribution in [-0.4, -0.2) is 41.4 Å². The number of carbonyl (C=O) groups excluding carboxylic acids is 2. The summed E-state index contributed by atoms with van der Waals surface area (Å²) in [6.07, 6.45) is 0.513. The molecule has 0 saturated carbocycles. The van der Waals surface area contributed by atoms with Gasteiger partial charge in [-0.05, 0) is 20.3 Å². The molecule has 0 radical (unpaired) electrons. The van der Waals surface area contributed by atoms with E-state index in [2.05, 4.69) is 0 Å². The molecule has 0 spiro atoms. The van der Waals surface area contributed by atoms with Crippen LogP contribution >= 0.6 is 0 Å². The quantitative estimate of drug-likeness (QED) is 0.657. The zero-order chi connectivity index (χ0) is 14.8. The smallest absolute Gasteiger partial charge is 0.303 e. The van der Waals surface area contributed by atoms with Crippen molar-refractivity contribution < 1.29 is 32.5 Å². The molecule has 0 rings (SSSR count). The first-order valence-electron chi connectivity index (χ1n) is 5.20. The molecule has 0 aromatic carbocycles. The molecule has 106 valence electrons. The summed E-state index contributed by atoms with van der Waals surface area (Å²) in [5, 5.41) is 8.01. The van der Waals surface area contributed by atoms with E-state index in [0.29, 0.717) is 0 Å². The number of hydrogen-bond acceptors (Lipinski definition) is 5. The highest BCUT2D eigenvalue weighted by Gasteiger charge is 2.04. The Bertz CT molecular complexity index is 369. The van der Waals surface area contributed by atoms with Crippen LogP contribution in [-0.2, 0) is 24.5 Å². The summed E-state index contributed by atoms with van der Waals surface area (Å²) in [6.45, 7) is 2.76. The number of rotatable bonds is 7. The molecule has 0 unspecified atom stereocenters. The molecule has 0 fully saturated rings. The van der Waals surface area contributed by atoms with Crippen LogP contribution in [0, 0.1) is 0 Å². The van der Waals surface area contributed by atoms with Crippen LogP contribution in [0.4, 0.5) is 0 Å². The van der Waals surface area contributed by atoms with E-state index in [1.807, 2.05) is 0 Å². The van der Waals surface area contributed by atoms with Gasteiger partial charge in [-0.2, -0.15) is 8.42 Å². The molecule has 7 nitrogen and oxygen atoms in total. The van der Waals surface area contributed by atoms with E-state index in [1.165, 1.54) is 13.8 Å². The molecule has 0 aliphatic rings. The Morgan fingerprint density at radius 1 is 0.944 bits per heavy atom. The summed E-state index contributed by atoms with van der Waals surface area (Å²) >= 11 is 0. The van der Waals surface area contributed by atoms with Gasteiger partial charge in [0.15, 0.2) is 0 Å². The standard InChI is InChI=1S/C5H10O4S.C5H8O3/c1-5(6)3-2-4-10(7,8)9;1-4(6)2-3-5(7)8/h2-4H2,1H3,(H,7,8,9);2-3H2,1H3,(H,7,8). The molecular formula is C10H18O7S. The van der Waals surface area contributed by atoms with Gasteiger partial charge < -0.3 is 14.7 Å². The van der Waals surface area contributed by atoms with Crippen molar-refractivity contribution in [2.45, 2.75) is 39.5 Å². The molecule has 0 atom stereocenters. The highest BCUT2D eigenvalue weighted by Crippen LogP contribution is 1.93. The Hall–Kier alpha value is -1.28. The molecule has 8 heteroatoms. The fraction of sp³-hybridized carbons (Fsp3) is 0.700. The van der Waals surface area contributed by atoms with Gasteiger partial charge in [0.2, 0.25) is 0 Å². The SMILES string of the molecule is CC(=O)CCC(=O)O.CC(=O)CCCS(=O)(=O)O. The van der Waals surface area contributed by atoms with Gasteiger partial charge in [0, 0.05) is 12.8 Å². The average Bonchev–Trinajstić information content (AvgIpc) is 2.13. The predicted molar refractivity (Wildman–Crippen MR) is 63.9 cm³/mol. The van der Waals surface area contributed by atoms with E-state index in [1.54, 1.807) is 0 Å². The first-order valence-corrected chi connectivity index (χ1v) is 6.81. The van der Waals surface area contributed by atoms with Gasteiger partial charge in [0.25, 0.3) is 10.1 Å². The molecule has 0 aromatic heterocycles. The van der Waals surface area contributed by atoms with Gasteiger partial charge in [-0.3, -0.25) is 9.35 Å². The van der Waals surface area contributed by atoms with Crippen LogP contribution in [0.2, 0.25) is 0 Å². The van der Waals surface area contributed by atoms with Crippen molar-refractivity contribution in [1.82, 2.24) is 0 Å². The Kier molecular flexibility index (Phi) is 10.3. The molecule has 0 saturated heterocycles. The first-order chi connectivity index (χ1) is 8.04. The predicted octanol–water partition coefficient (Wildman–Crippen LogP) is 0.684. The fourth-order valence-electron chi connectivity index (χ4n) is 0.786. The van der Waals surface area contributed by atoms with Gasteiger partial charge in [0.1, 0.15) is 11.6 Å². The number of hydrogen-bond donors (Lipinski definition) is 2. The number of Topliss-reactive ketones (excluding diaryl/α,β-unsaturated/α-hetero) is 2.